The minimum atomic E-state index is -0.0971. The Kier molecular flexibility index (Phi) is 6.42. The summed E-state index contributed by atoms with van der Waals surface area (Å²) in [6.07, 6.45) is 4.05. The maximum atomic E-state index is 4.78. The number of nitrogens with zero attached hydrogens (tertiary/aromatic N) is 1. The third kappa shape index (κ3) is 4.30. The van der Waals surface area contributed by atoms with Gasteiger partial charge in [-0.3, -0.25) is 4.98 Å². The molecule has 0 saturated heterocycles. The zero-order chi connectivity index (χ0) is 36.3. The van der Waals surface area contributed by atoms with Crippen molar-refractivity contribution >= 4 is 32.3 Å². The lowest BCUT2D eigenvalue weighted by Gasteiger charge is -2.24. The van der Waals surface area contributed by atoms with Crippen LogP contribution in [0.25, 0.3) is 88.0 Å². The largest absolute Gasteiger partial charge is 0.264 e. The quantitative estimate of drug-likeness (QED) is 0.168. The molecule has 1 heteroatoms. The van der Waals surface area contributed by atoms with Crippen molar-refractivity contribution in [3.63, 3.8) is 0 Å². The molecule has 11 rings (SSSR count). The summed E-state index contributed by atoms with van der Waals surface area (Å²) in [6.45, 7) is 9.48. The van der Waals surface area contributed by atoms with E-state index in [0.717, 1.165) is 0 Å². The van der Waals surface area contributed by atoms with E-state index in [4.69, 9.17) is 4.98 Å². The van der Waals surface area contributed by atoms with E-state index in [0.29, 0.717) is 0 Å². The average molecular weight is 690 g/mol. The molecule has 1 nitrogen and oxygen atoms in total. The van der Waals surface area contributed by atoms with Crippen LogP contribution in [0.3, 0.4) is 0 Å². The van der Waals surface area contributed by atoms with Crippen molar-refractivity contribution in [2.24, 2.45) is 0 Å². The molecule has 0 spiro atoms. The Bertz CT molecular complexity index is 3050. The molecule has 0 aliphatic heterocycles. The van der Waals surface area contributed by atoms with Crippen molar-refractivity contribution in [3.8, 4) is 55.6 Å². The highest BCUT2D eigenvalue weighted by Crippen LogP contribution is 2.53. The second-order valence-corrected chi connectivity index (χ2v) is 16.4. The van der Waals surface area contributed by atoms with Gasteiger partial charge >= 0.3 is 0 Å². The van der Waals surface area contributed by atoms with Crippen molar-refractivity contribution in [2.45, 2.75) is 38.5 Å². The van der Waals surface area contributed by atoms with Crippen molar-refractivity contribution in [1.29, 1.82) is 0 Å². The minimum absolute atomic E-state index is 0.0935. The Morgan fingerprint density at radius 2 is 0.852 bits per heavy atom. The number of rotatable bonds is 3. The number of hydrogen-bond acceptors (Lipinski definition) is 1. The molecule has 0 amide bonds. The smallest absolute Gasteiger partial charge is 0.0353 e. The fraction of sp³-hybridized carbons (Fsp3) is 0.113. The molecule has 8 aromatic carbocycles. The predicted octanol–water partition coefficient (Wildman–Crippen LogP) is 14.2. The van der Waals surface area contributed by atoms with Crippen LogP contribution in [0.15, 0.2) is 164 Å². The van der Waals surface area contributed by atoms with Crippen LogP contribution in [0.1, 0.15) is 49.9 Å². The number of benzene rings is 8. The highest BCUT2D eigenvalue weighted by atomic mass is 14.6. The number of fused-ring (bicyclic) bond motifs is 9. The zero-order valence-corrected chi connectivity index (χ0v) is 31.0. The van der Waals surface area contributed by atoms with Crippen LogP contribution in [-0.4, -0.2) is 4.98 Å². The zero-order valence-electron chi connectivity index (χ0n) is 31.0. The molecule has 0 fully saturated rings. The number of pyridine rings is 1. The molecular formula is C53H39N. The van der Waals surface area contributed by atoms with E-state index in [1.165, 1.54) is 110 Å². The Balaban J connectivity index is 1.21. The van der Waals surface area contributed by atoms with Gasteiger partial charge in [-0.1, -0.05) is 149 Å². The van der Waals surface area contributed by atoms with E-state index < -0.39 is 0 Å². The topological polar surface area (TPSA) is 12.9 Å². The Hall–Kier alpha value is -6.31. The SMILES string of the molecule is CC1(C)c2ccccc2-c2ccc(-c3c4ccc(-c5ccc6ccccc6c5)cc4c(-c4ccc5c(c4)C(C)(C)c4ccccc4-5)c4ccncc34)cc21. The summed E-state index contributed by atoms with van der Waals surface area (Å²) in [4.78, 5) is 4.78. The molecule has 2 aliphatic carbocycles. The fourth-order valence-corrected chi connectivity index (χ4v) is 9.96. The summed E-state index contributed by atoms with van der Waals surface area (Å²) >= 11 is 0. The van der Waals surface area contributed by atoms with Gasteiger partial charge in [0.1, 0.15) is 0 Å². The third-order valence-electron chi connectivity index (χ3n) is 12.7. The van der Waals surface area contributed by atoms with Crippen LogP contribution < -0.4 is 0 Å². The van der Waals surface area contributed by atoms with Crippen LogP contribution in [0.2, 0.25) is 0 Å². The van der Waals surface area contributed by atoms with Crippen LogP contribution in [-0.2, 0) is 10.8 Å². The molecule has 0 atom stereocenters. The fourth-order valence-electron chi connectivity index (χ4n) is 9.96. The highest BCUT2D eigenvalue weighted by molar-refractivity contribution is 6.22. The molecule has 2 aliphatic rings. The molecule has 0 unspecified atom stereocenters. The van der Waals surface area contributed by atoms with E-state index in [-0.39, 0.29) is 10.8 Å². The standard InChI is InChI=1S/C53H39N/c1-52(2)46-15-9-7-13-38(46)40-22-20-36(29-48(40)52)50-43-25-26-54-31-45(43)51(37-21-23-41-39-14-8-10-16-47(39)53(3,4)49(41)30-37)42-24-19-35(28-44(42)50)34-18-17-32-11-5-6-12-33(32)27-34/h5-31H,1-4H3. The summed E-state index contributed by atoms with van der Waals surface area (Å²) in [6, 6.07) is 57.0. The normalized spacial score (nSPS) is 14.6. The van der Waals surface area contributed by atoms with Crippen LogP contribution >= 0.6 is 0 Å². The monoisotopic (exact) mass is 689 g/mol. The molecule has 1 heterocycles. The lowest BCUT2D eigenvalue weighted by atomic mass is 9.79. The minimum Gasteiger partial charge on any atom is -0.264 e. The van der Waals surface area contributed by atoms with Gasteiger partial charge in [-0.15, -0.1) is 0 Å². The molecule has 256 valence electrons. The summed E-state index contributed by atoms with van der Waals surface area (Å²) in [7, 11) is 0. The summed E-state index contributed by atoms with van der Waals surface area (Å²) in [5.74, 6) is 0. The van der Waals surface area contributed by atoms with E-state index in [1.807, 2.05) is 6.20 Å². The van der Waals surface area contributed by atoms with E-state index >= 15 is 0 Å². The number of hydrogen-bond donors (Lipinski definition) is 0. The predicted molar refractivity (Wildman–Crippen MR) is 228 cm³/mol. The lowest BCUT2D eigenvalue weighted by Crippen LogP contribution is -2.15. The highest BCUT2D eigenvalue weighted by Gasteiger charge is 2.37. The van der Waals surface area contributed by atoms with Gasteiger partial charge in [0, 0.05) is 28.6 Å². The summed E-state index contributed by atoms with van der Waals surface area (Å²) in [5.41, 5.74) is 18.1. The van der Waals surface area contributed by atoms with Crippen LogP contribution in [0.5, 0.6) is 0 Å². The van der Waals surface area contributed by atoms with Gasteiger partial charge in [0.05, 0.1) is 0 Å². The first-order valence-corrected chi connectivity index (χ1v) is 19.1. The van der Waals surface area contributed by atoms with Gasteiger partial charge in [-0.05, 0) is 135 Å². The Morgan fingerprint density at radius 3 is 1.52 bits per heavy atom. The maximum Gasteiger partial charge on any atom is 0.0353 e. The molecule has 1 aromatic heterocycles. The van der Waals surface area contributed by atoms with Crippen LogP contribution in [0, 0.1) is 0 Å². The Morgan fingerprint density at radius 1 is 0.352 bits per heavy atom. The van der Waals surface area contributed by atoms with Gasteiger partial charge in [-0.25, -0.2) is 0 Å². The second kappa shape index (κ2) is 11.1. The van der Waals surface area contributed by atoms with E-state index in [9.17, 15) is 0 Å². The molecule has 54 heavy (non-hydrogen) atoms. The average Bonchev–Trinajstić information content (AvgIpc) is 3.58. The van der Waals surface area contributed by atoms with Crippen molar-refractivity contribution in [1.82, 2.24) is 4.98 Å². The summed E-state index contributed by atoms with van der Waals surface area (Å²) < 4.78 is 0. The Labute approximate surface area is 316 Å². The molecule has 0 bridgehead atoms. The molecule has 9 aromatic rings. The van der Waals surface area contributed by atoms with Crippen molar-refractivity contribution in [3.05, 3.63) is 186 Å². The lowest BCUT2D eigenvalue weighted by molar-refractivity contribution is 0.660. The summed E-state index contributed by atoms with van der Waals surface area (Å²) in [5, 5.41) is 7.40. The number of aromatic nitrogens is 1. The second-order valence-electron chi connectivity index (χ2n) is 16.4. The van der Waals surface area contributed by atoms with Gasteiger partial charge in [-0.2, -0.15) is 0 Å². The van der Waals surface area contributed by atoms with Crippen LogP contribution in [0.4, 0.5) is 0 Å². The molecular weight excluding hydrogens is 651 g/mol. The van der Waals surface area contributed by atoms with E-state index in [2.05, 4.69) is 186 Å². The first kappa shape index (κ1) is 31.2. The van der Waals surface area contributed by atoms with Gasteiger partial charge in [0.25, 0.3) is 0 Å². The van der Waals surface area contributed by atoms with Crippen molar-refractivity contribution in [2.75, 3.05) is 0 Å². The molecule has 0 radical (unpaired) electrons. The van der Waals surface area contributed by atoms with Gasteiger partial charge < -0.3 is 0 Å². The third-order valence-corrected chi connectivity index (χ3v) is 12.7. The maximum absolute atomic E-state index is 4.78. The van der Waals surface area contributed by atoms with Gasteiger partial charge in [0.2, 0.25) is 0 Å². The van der Waals surface area contributed by atoms with Crippen molar-refractivity contribution < 1.29 is 0 Å². The van der Waals surface area contributed by atoms with Gasteiger partial charge in [0.15, 0.2) is 0 Å². The molecule has 0 saturated carbocycles. The molecule has 0 N–H and O–H groups in total. The first-order valence-electron chi connectivity index (χ1n) is 19.1. The first-order chi connectivity index (χ1) is 26.3. The van der Waals surface area contributed by atoms with E-state index in [1.54, 1.807) is 0 Å².